The maximum atomic E-state index is 5.68. The summed E-state index contributed by atoms with van der Waals surface area (Å²) in [6.45, 7) is 6.71. The van der Waals surface area contributed by atoms with Gasteiger partial charge in [-0.15, -0.1) is 0 Å². The summed E-state index contributed by atoms with van der Waals surface area (Å²) in [5.41, 5.74) is 12.3. The lowest BCUT2D eigenvalue weighted by atomic mass is 10.00. The van der Waals surface area contributed by atoms with Crippen LogP contribution in [0.1, 0.15) is 22.4 Å². The van der Waals surface area contributed by atoms with Gasteiger partial charge in [-0.1, -0.05) is 0 Å². The number of aromatic nitrogens is 2. The molecule has 0 atom stereocenters. The number of nitrogens with zero attached hydrogens (tertiary/aromatic N) is 2. The van der Waals surface area contributed by atoms with Crippen molar-refractivity contribution in [2.75, 3.05) is 0 Å². The molecule has 0 aliphatic rings. The minimum atomic E-state index is 0.537. The molecule has 2 rings (SSSR count). The lowest BCUT2D eigenvalue weighted by Gasteiger charge is -2.11. The molecule has 0 radical (unpaired) electrons. The molecule has 17 heavy (non-hydrogen) atoms. The van der Waals surface area contributed by atoms with Crippen molar-refractivity contribution in [1.82, 2.24) is 9.97 Å². The second kappa shape index (κ2) is 4.63. The van der Waals surface area contributed by atoms with E-state index >= 15 is 0 Å². The van der Waals surface area contributed by atoms with Crippen molar-refractivity contribution < 1.29 is 0 Å². The topological polar surface area (TPSA) is 51.8 Å². The molecule has 0 aliphatic carbocycles. The summed E-state index contributed by atoms with van der Waals surface area (Å²) in [6, 6.07) is 4.04. The predicted molar refractivity (Wildman–Crippen MR) is 69.6 cm³/mol. The zero-order chi connectivity index (χ0) is 12.4. The maximum Gasteiger partial charge on any atom is 0.0735 e. The van der Waals surface area contributed by atoms with Crippen molar-refractivity contribution >= 4 is 0 Å². The van der Waals surface area contributed by atoms with E-state index in [2.05, 4.69) is 29.9 Å². The van der Waals surface area contributed by atoms with E-state index in [0.717, 1.165) is 22.5 Å². The van der Waals surface area contributed by atoms with Crippen molar-refractivity contribution in [1.29, 1.82) is 0 Å². The van der Waals surface area contributed by atoms with Gasteiger partial charge < -0.3 is 5.73 Å². The zero-order valence-corrected chi connectivity index (χ0v) is 10.5. The molecule has 2 aromatic heterocycles. The van der Waals surface area contributed by atoms with Crippen molar-refractivity contribution in [2.24, 2.45) is 5.73 Å². The number of nitrogens with two attached hydrogens (primary N) is 1. The normalized spacial score (nSPS) is 10.6. The zero-order valence-electron chi connectivity index (χ0n) is 10.5. The van der Waals surface area contributed by atoms with Gasteiger partial charge in [-0.3, -0.25) is 9.97 Å². The van der Waals surface area contributed by atoms with Crippen LogP contribution < -0.4 is 5.73 Å². The number of rotatable bonds is 2. The Hall–Kier alpha value is -1.74. The molecule has 3 heteroatoms. The van der Waals surface area contributed by atoms with Gasteiger partial charge in [-0.2, -0.15) is 0 Å². The summed E-state index contributed by atoms with van der Waals surface area (Å²) in [5, 5.41) is 0. The average Bonchev–Trinajstić information content (AvgIpc) is 2.32. The van der Waals surface area contributed by atoms with Gasteiger partial charge in [0.15, 0.2) is 0 Å². The second-order valence-electron chi connectivity index (χ2n) is 4.27. The fourth-order valence-electron chi connectivity index (χ4n) is 1.94. The first-order valence-electron chi connectivity index (χ1n) is 5.71. The summed E-state index contributed by atoms with van der Waals surface area (Å²) in [4.78, 5) is 8.72. The molecule has 0 saturated heterocycles. The Morgan fingerprint density at radius 3 is 2.53 bits per heavy atom. The Morgan fingerprint density at radius 2 is 1.88 bits per heavy atom. The Kier molecular flexibility index (Phi) is 3.20. The second-order valence-corrected chi connectivity index (χ2v) is 4.27. The molecular formula is C14H17N3. The molecule has 0 spiro atoms. The quantitative estimate of drug-likeness (QED) is 0.857. The molecule has 2 heterocycles. The van der Waals surface area contributed by atoms with Crippen LogP contribution in [-0.2, 0) is 6.54 Å². The predicted octanol–water partition coefficient (Wildman–Crippen LogP) is 2.53. The van der Waals surface area contributed by atoms with E-state index in [0.29, 0.717) is 6.54 Å². The van der Waals surface area contributed by atoms with Crippen LogP contribution in [-0.4, -0.2) is 9.97 Å². The van der Waals surface area contributed by atoms with Crippen molar-refractivity contribution in [3.05, 3.63) is 46.9 Å². The monoisotopic (exact) mass is 227 g/mol. The third kappa shape index (κ3) is 2.19. The van der Waals surface area contributed by atoms with Gasteiger partial charge >= 0.3 is 0 Å². The Bertz CT molecular complexity index is 547. The maximum absolute atomic E-state index is 5.68. The van der Waals surface area contributed by atoms with Gasteiger partial charge in [0.2, 0.25) is 0 Å². The van der Waals surface area contributed by atoms with Gasteiger partial charge in [0.1, 0.15) is 0 Å². The first kappa shape index (κ1) is 11.7. The van der Waals surface area contributed by atoms with Gasteiger partial charge in [0, 0.05) is 30.2 Å². The van der Waals surface area contributed by atoms with Crippen LogP contribution in [0.15, 0.2) is 24.5 Å². The molecule has 0 bridgehead atoms. The Labute approximate surface area is 102 Å². The smallest absolute Gasteiger partial charge is 0.0735 e. The summed E-state index contributed by atoms with van der Waals surface area (Å²) in [6.07, 6.45) is 3.69. The van der Waals surface area contributed by atoms with E-state index in [4.69, 9.17) is 5.73 Å². The largest absolute Gasteiger partial charge is 0.326 e. The van der Waals surface area contributed by atoms with Crippen molar-refractivity contribution in [2.45, 2.75) is 27.3 Å². The number of hydrogen-bond acceptors (Lipinski definition) is 3. The van der Waals surface area contributed by atoms with E-state index < -0.39 is 0 Å². The standard InChI is InChI=1S/C14H17N3/c1-9-6-12(4-5-16-9)14-11(3)10(2)13(7-15)8-17-14/h4-6,8H,7,15H2,1-3H3. The van der Waals surface area contributed by atoms with Crippen LogP contribution in [0.25, 0.3) is 11.3 Å². The highest BCUT2D eigenvalue weighted by molar-refractivity contribution is 5.64. The molecule has 0 aromatic carbocycles. The molecule has 0 unspecified atom stereocenters. The first-order valence-corrected chi connectivity index (χ1v) is 5.71. The molecule has 2 aromatic rings. The van der Waals surface area contributed by atoms with Gasteiger partial charge in [0.05, 0.1) is 5.69 Å². The molecule has 3 nitrogen and oxygen atoms in total. The van der Waals surface area contributed by atoms with Gasteiger partial charge in [-0.05, 0) is 49.6 Å². The van der Waals surface area contributed by atoms with Crippen LogP contribution in [0.4, 0.5) is 0 Å². The van der Waals surface area contributed by atoms with E-state index in [1.54, 1.807) is 0 Å². The lowest BCUT2D eigenvalue weighted by Crippen LogP contribution is -2.03. The van der Waals surface area contributed by atoms with Crippen LogP contribution in [0.5, 0.6) is 0 Å². The fourth-order valence-corrected chi connectivity index (χ4v) is 1.94. The molecule has 2 N–H and O–H groups in total. The highest BCUT2D eigenvalue weighted by Crippen LogP contribution is 2.24. The van der Waals surface area contributed by atoms with Crippen molar-refractivity contribution in [3.8, 4) is 11.3 Å². The number of aryl methyl sites for hydroxylation is 1. The third-order valence-corrected chi connectivity index (χ3v) is 3.14. The van der Waals surface area contributed by atoms with Crippen molar-refractivity contribution in [3.63, 3.8) is 0 Å². The summed E-state index contributed by atoms with van der Waals surface area (Å²) < 4.78 is 0. The summed E-state index contributed by atoms with van der Waals surface area (Å²) in [5.74, 6) is 0. The highest BCUT2D eigenvalue weighted by atomic mass is 14.7. The van der Waals surface area contributed by atoms with Gasteiger partial charge in [0.25, 0.3) is 0 Å². The average molecular weight is 227 g/mol. The Balaban J connectivity index is 2.57. The van der Waals surface area contributed by atoms with Gasteiger partial charge in [-0.25, -0.2) is 0 Å². The SMILES string of the molecule is Cc1cc(-c2ncc(CN)c(C)c2C)ccn1. The van der Waals surface area contributed by atoms with E-state index in [1.807, 2.05) is 25.4 Å². The van der Waals surface area contributed by atoms with Crippen LogP contribution in [0.2, 0.25) is 0 Å². The summed E-state index contributed by atoms with van der Waals surface area (Å²) >= 11 is 0. The molecule has 88 valence electrons. The Morgan fingerprint density at radius 1 is 1.12 bits per heavy atom. The molecular weight excluding hydrogens is 210 g/mol. The van der Waals surface area contributed by atoms with Crippen LogP contribution in [0, 0.1) is 20.8 Å². The molecule has 0 amide bonds. The van der Waals surface area contributed by atoms with Crippen LogP contribution in [0.3, 0.4) is 0 Å². The van der Waals surface area contributed by atoms with Crippen LogP contribution >= 0.6 is 0 Å². The first-order chi connectivity index (χ1) is 8.13. The summed E-state index contributed by atoms with van der Waals surface area (Å²) in [7, 11) is 0. The number of hydrogen-bond donors (Lipinski definition) is 1. The highest BCUT2D eigenvalue weighted by Gasteiger charge is 2.09. The molecule has 0 fully saturated rings. The lowest BCUT2D eigenvalue weighted by molar-refractivity contribution is 1.01. The number of pyridine rings is 2. The van der Waals surface area contributed by atoms with E-state index in [1.165, 1.54) is 11.1 Å². The minimum Gasteiger partial charge on any atom is -0.326 e. The molecule has 0 saturated carbocycles. The minimum absolute atomic E-state index is 0.537. The fraction of sp³-hybridized carbons (Fsp3) is 0.286. The van der Waals surface area contributed by atoms with E-state index in [9.17, 15) is 0 Å². The molecule has 0 aliphatic heterocycles. The third-order valence-electron chi connectivity index (χ3n) is 3.14. The van der Waals surface area contributed by atoms with E-state index in [-0.39, 0.29) is 0 Å².